The highest BCUT2D eigenvalue weighted by Crippen LogP contribution is 2.24. The maximum atomic E-state index is 11.2. The molecule has 1 aliphatic rings. The van der Waals surface area contributed by atoms with Gasteiger partial charge in [-0.15, -0.1) is 0 Å². The van der Waals surface area contributed by atoms with Gasteiger partial charge in [-0.1, -0.05) is 6.92 Å². The summed E-state index contributed by atoms with van der Waals surface area (Å²) in [6, 6.07) is 0.334. The number of nitrogens with zero attached hydrogens (tertiary/aromatic N) is 3. The first-order valence-electron chi connectivity index (χ1n) is 6.71. The van der Waals surface area contributed by atoms with E-state index >= 15 is 0 Å². The van der Waals surface area contributed by atoms with Crippen LogP contribution < -0.4 is 5.73 Å². The van der Waals surface area contributed by atoms with Gasteiger partial charge < -0.3 is 10.8 Å². The molecule has 2 rings (SSSR count). The van der Waals surface area contributed by atoms with Crippen molar-refractivity contribution in [1.29, 1.82) is 0 Å². The van der Waals surface area contributed by atoms with Crippen LogP contribution >= 0.6 is 0 Å². The molecule has 6 heteroatoms. The molecule has 1 saturated heterocycles. The molecule has 1 aromatic rings. The summed E-state index contributed by atoms with van der Waals surface area (Å²) in [6.07, 6.45) is 3.63. The maximum Gasteiger partial charge on any atom is 0.339 e. The van der Waals surface area contributed by atoms with Crippen LogP contribution in [0, 0.1) is 5.92 Å². The number of aromatic nitrogens is 2. The SMILES string of the molecule is CC1CCN(Cc2c(C(=O)O)cnn2C)C(CN)C1. The lowest BCUT2D eigenvalue weighted by molar-refractivity contribution is 0.0689. The molecule has 0 spiro atoms. The quantitative estimate of drug-likeness (QED) is 0.837. The smallest absolute Gasteiger partial charge is 0.339 e. The molecular weight excluding hydrogens is 244 g/mol. The zero-order chi connectivity index (χ0) is 14.0. The molecule has 6 nitrogen and oxygen atoms in total. The second-order valence-corrected chi connectivity index (χ2v) is 5.42. The van der Waals surface area contributed by atoms with Crippen LogP contribution in [0.4, 0.5) is 0 Å². The van der Waals surface area contributed by atoms with Crippen molar-refractivity contribution in [2.75, 3.05) is 13.1 Å². The molecule has 2 unspecified atom stereocenters. The number of hydrogen-bond donors (Lipinski definition) is 2. The van der Waals surface area contributed by atoms with Crippen LogP contribution in [0.25, 0.3) is 0 Å². The van der Waals surface area contributed by atoms with Crippen LogP contribution in [0.15, 0.2) is 6.20 Å². The molecule has 19 heavy (non-hydrogen) atoms. The van der Waals surface area contributed by atoms with E-state index in [0.29, 0.717) is 25.0 Å². The molecular formula is C13H22N4O2. The van der Waals surface area contributed by atoms with Crippen molar-refractivity contribution in [2.45, 2.75) is 32.4 Å². The number of aromatic carboxylic acids is 1. The molecule has 2 heterocycles. The normalized spacial score (nSPS) is 24.6. The third kappa shape index (κ3) is 2.96. The van der Waals surface area contributed by atoms with Gasteiger partial charge in [-0.05, 0) is 25.3 Å². The second kappa shape index (κ2) is 5.71. The van der Waals surface area contributed by atoms with Gasteiger partial charge in [-0.3, -0.25) is 9.58 Å². The molecule has 106 valence electrons. The minimum atomic E-state index is -0.919. The lowest BCUT2D eigenvalue weighted by Gasteiger charge is -2.37. The largest absolute Gasteiger partial charge is 0.478 e. The summed E-state index contributed by atoms with van der Waals surface area (Å²) in [5.41, 5.74) is 6.88. The molecule has 2 atom stereocenters. The van der Waals surface area contributed by atoms with Gasteiger partial charge in [-0.2, -0.15) is 5.10 Å². The molecule has 0 bridgehead atoms. The van der Waals surface area contributed by atoms with Crippen LogP contribution in [-0.4, -0.2) is 44.9 Å². The molecule has 0 amide bonds. The van der Waals surface area contributed by atoms with Crippen LogP contribution in [0.1, 0.15) is 35.8 Å². The minimum Gasteiger partial charge on any atom is -0.478 e. The van der Waals surface area contributed by atoms with Crippen molar-refractivity contribution < 1.29 is 9.90 Å². The number of likely N-dealkylation sites (tertiary alicyclic amines) is 1. The van der Waals surface area contributed by atoms with Gasteiger partial charge >= 0.3 is 5.97 Å². The van der Waals surface area contributed by atoms with E-state index in [1.54, 1.807) is 11.7 Å². The maximum absolute atomic E-state index is 11.2. The fourth-order valence-corrected chi connectivity index (χ4v) is 2.78. The van der Waals surface area contributed by atoms with Crippen molar-refractivity contribution in [3.63, 3.8) is 0 Å². The average Bonchev–Trinajstić information content (AvgIpc) is 2.73. The van der Waals surface area contributed by atoms with E-state index in [9.17, 15) is 9.90 Å². The van der Waals surface area contributed by atoms with Gasteiger partial charge in [0, 0.05) is 26.2 Å². The number of piperidine rings is 1. The Balaban J connectivity index is 2.16. The molecule has 0 aromatic carbocycles. The molecule has 3 N–H and O–H groups in total. The summed E-state index contributed by atoms with van der Waals surface area (Å²) in [5.74, 6) is -0.229. The van der Waals surface area contributed by atoms with Gasteiger partial charge in [0.2, 0.25) is 0 Å². The second-order valence-electron chi connectivity index (χ2n) is 5.42. The molecule has 1 aliphatic heterocycles. The molecule has 0 radical (unpaired) electrons. The predicted octanol–water partition coefficient (Wildman–Crippen LogP) is 0.678. The summed E-state index contributed by atoms with van der Waals surface area (Å²) in [6.45, 7) is 4.43. The van der Waals surface area contributed by atoms with Gasteiger partial charge in [0.25, 0.3) is 0 Å². The first kappa shape index (κ1) is 14.0. The third-order valence-electron chi connectivity index (χ3n) is 4.02. The van der Waals surface area contributed by atoms with Crippen molar-refractivity contribution in [3.05, 3.63) is 17.5 Å². The van der Waals surface area contributed by atoms with Crippen LogP contribution in [0.5, 0.6) is 0 Å². The number of hydrogen-bond acceptors (Lipinski definition) is 4. The topological polar surface area (TPSA) is 84.4 Å². The summed E-state index contributed by atoms with van der Waals surface area (Å²) >= 11 is 0. The number of carboxylic acids is 1. The molecule has 0 saturated carbocycles. The van der Waals surface area contributed by atoms with Crippen molar-refractivity contribution in [1.82, 2.24) is 14.7 Å². The summed E-state index contributed by atoms with van der Waals surface area (Å²) < 4.78 is 1.65. The Kier molecular flexibility index (Phi) is 4.21. The number of nitrogens with two attached hydrogens (primary N) is 1. The Morgan fingerprint density at radius 1 is 1.63 bits per heavy atom. The van der Waals surface area contributed by atoms with Gasteiger partial charge in [0.15, 0.2) is 0 Å². The highest BCUT2D eigenvalue weighted by Gasteiger charge is 2.27. The summed E-state index contributed by atoms with van der Waals surface area (Å²) in [5, 5.41) is 13.2. The van der Waals surface area contributed by atoms with Gasteiger partial charge in [0.05, 0.1) is 11.9 Å². The average molecular weight is 266 g/mol. The number of rotatable bonds is 4. The summed E-state index contributed by atoms with van der Waals surface area (Å²) in [7, 11) is 1.78. The first-order valence-corrected chi connectivity index (χ1v) is 6.71. The number of carbonyl (C=O) groups is 1. The molecule has 0 aliphatic carbocycles. The van der Waals surface area contributed by atoms with E-state index in [1.165, 1.54) is 6.20 Å². The van der Waals surface area contributed by atoms with Crippen molar-refractivity contribution in [3.8, 4) is 0 Å². The van der Waals surface area contributed by atoms with E-state index < -0.39 is 5.97 Å². The summed E-state index contributed by atoms with van der Waals surface area (Å²) in [4.78, 5) is 13.5. The lowest BCUT2D eigenvalue weighted by atomic mass is 9.92. The Hall–Kier alpha value is -1.40. The van der Waals surface area contributed by atoms with Crippen LogP contribution in [-0.2, 0) is 13.6 Å². The van der Waals surface area contributed by atoms with Crippen LogP contribution in [0.2, 0.25) is 0 Å². The van der Waals surface area contributed by atoms with E-state index in [1.807, 2.05) is 0 Å². The van der Waals surface area contributed by atoms with E-state index in [-0.39, 0.29) is 5.56 Å². The van der Waals surface area contributed by atoms with Gasteiger partial charge in [-0.25, -0.2) is 4.79 Å². The lowest BCUT2D eigenvalue weighted by Crippen LogP contribution is -2.46. The van der Waals surface area contributed by atoms with E-state index in [4.69, 9.17) is 5.73 Å². The Morgan fingerprint density at radius 2 is 2.37 bits per heavy atom. The Morgan fingerprint density at radius 3 is 3.00 bits per heavy atom. The minimum absolute atomic E-state index is 0.289. The molecule has 1 aromatic heterocycles. The fourth-order valence-electron chi connectivity index (χ4n) is 2.78. The van der Waals surface area contributed by atoms with Crippen molar-refractivity contribution in [2.24, 2.45) is 18.7 Å². The number of aryl methyl sites for hydroxylation is 1. The molecule has 1 fully saturated rings. The van der Waals surface area contributed by atoms with E-state index in [0.717, 1.165) is 25.1 Å². The highest BCUT2D eigenvalue weighted by molar-refractivity contribution is 5.88. The predicted molar refractivity (Wildman–Crippen MR) is 71.8 cm³/mol. The standard InChI is InChI=1S/C13H22N4O2/c1-9-3-4-17(10(5-9)6-14)8-12-11(13(18)19)7-15-16(12)2/h7,9-10H,3-6,8,14H2,1-2H3,(H,18,19). The number of carboxylic acid groups (broad SMARTS) is 1. The third-order valence-corrected chi connectivity index (χ3v) is 4.02. The van der Waals surface area contributed by atoms with Crippen LogP contribution in [0.3, 0.4) is 0 Å². The van der Waals surface area contributed by atoms with E-state index in [2.05, 4.69) is 16.9 Å². The zero-order valence-corrected chi connectivity index (χ0v) is 11.5. The first-order chi connectivity index (χ1) is 9.02. The fraction of sp³-hybridized carbons (Fsp3) is 0.692. The Labute approximate surface area is 113 Å². The zero-order valence-electron chi connectivity index (χ0n) is 11.5. The van der Waals surface area contributed by atoms with Crippen molar-refractivity contribution >= 4 is 5.97 Å². The highest BCUT2D eigenvalue weighted by atomic mass is 16.4. The Bertz CT molecular complexity index is 457. The van der Waals surface area contributed by atoms with Gasteiger partial charge in [0.1, 0.15) is 5.56 Å². The monoisotopic (exact) mass is 266 g/mol.